The van der Waals surface area contributed by atoms with Gasteiger partial charge in [0.2, 0.25) is 0 Å². The van der Waals surface area contributed by atoms with Crippen LogP contribution in [0.3, 0.4) is 0 Å². The molecule has 1 aromatic carbocycles. The Kier molecular flexibility index (Phi) is 5.00. The van der Waals surface area contributed by atoms with Crippen molar-refractivity contribution in [3.05, 3.63) is 65.7 Å². The van der Waals surface area contributed by atoms with E-state index in [9.17, 15) is 5.26 Å². The van der Waals surface area contributed by atoms with Crippen LogP contribution in [0.15, 0.2) is 58.3 Å². The van der Waals surface area contributed by atoms with Gasteiger partial charge in [0, 0.05) is 12.3 Å². The van der Waals surface area contributed by atoms with Crippen LogP contribution in [-0.2, 0) is 12.3 Å². The minimum atomic E-state index is 0.551. The van der Waals surface area contributed by atoms with Gasteiger partial charge in [0.05, 0.1) is 28.9 Å². The van der Waals surface area contributed by atoms with Crippen LogP contribution in [-0.4, -0.2) is 24.5 Å². The number of rotatable bonds is 6. The zero-order chi connectivity index (χ0) is 19.5. The summed E-state index contributed by atoms with van der Waals surface area (Å²) in [6.45, 7) is 4.61. The largest absolute Gasteiger partial charge is 0.461 e. The van der Waals surface area contributed by atoms with Crippen LogP contribution in [0, 0.1) is 18.3 Å². The summed E-state index contributed by atoms with van der Waals surface area (Å²) in [5.74, 6) is 1.93. The Labute approximate surface area is 166 Å². The van der Waals surface area contributed by atoms with Crippen LogP contribution in [0.2, 0.25) is 0 Å². The lowest BCUT2D eigenvalue weighted by atomic mass is 10.2. The predicted molar refractivity (Wildman–Crippen MR) is 106 cm³/mol. The third-order valence-electron chi connectivity index (χ3n) is 4.38. The van der Waals surface area contributed by atoms with Gasteiger partial charge in [-0.1, -0.05) is 30.0 Å². The average molecular weight is 390 g/mol. The molecule has 7 nitrogen and oxygen atoms in total. The molecule has 4 aromatic rings. The Morgan fingerprint density at radius 3 is 2.64 bits per heavy atom. The van der Waals surface area contributed by atoms with Gasteiger partial charge >= 0.3 is 0 Å². The lowest BCUT2D eigenvalue weighted by Crippen LogP contribution is -2.03. The molecule has 0 unspecified atom stereocenters. The highest BCUT2D eigenvalue weighted by atomic mass is 32.2. The lowest BCUT2D eigenvalue weighted by molar-refractivity contribution is 0.567. The van der Waals surface area contributed by atoms with Gasteiger partial charge in [-0.05, 0) is 38.1 Å². The second kappa shape index (κ2) is 7.74. The number of hydrogen-bond acceptors (Lipinski definition) is 6. The molecule has 0 aliphatic carbocycles. The van der Waals surface area contributed by atoms with Crippen molar-refractivity contribution in [3.63, 3.8) is 0 Å². The molecule has 28 heavy (non-hydrogen) atoms. The second-order valence-corrected chi connectivity index (χ2v) is 7.03. The van der Waals surface area contributed by atoms with E-state index in [1.54, 1.807) is 6.26 Å². The molecule has 0 atom stereocenters. The van der Waals surface area contributed by atoms with Crippen molar-refractivity contribution in [1.82, 2.24) is 24.5 Å². The molecule has 0 bridgehead atoms. The van der Waals surface area contributed by atoms with Crippen molar-refractivity contribution in [1.29, 1.82) is 5.26 Å². The number of hydrogen-bond donors (Lipinski definition) is 0. The third kappa shape index (κ3) is 3.21. The van der Waals surface area contributed by atoms with E-state index in [4.69, 9.17) is 4.42 Å². The Bertz CT molecular complexity index is 1120. The van der Waals surface area contributed by atoms with Crippen LogP contribution in [0.1, 0.15) is 23.9 Å². The van der Waals surface area contributed by atoms with E-state index in [-0.39, 0.29) is 0 Å². The van der Waals surface area contributed by atoms with E-state index in [1.807, 2.05) is 65.6 Å². The summed E-state index contributed by atoms with van der Waals surface area (Å²) in [6.07, 6.45) is 1.62. The van der Waals surface area contributed by atoms with Crippen molar-refractivity contribution >= 4 is 11.8 Å². The predicted octanol–water partition coefficient (Wildman–Crippen LogP) is 4.22. The maximum Gasteiger partial charge on any atom is 0.200 e. The average Bonchev–Trinajstić information content (AvgIpc) is 3.45. The lowest BCUT2D eigenvalue weighted by Gasteiger charge is -2.09. The molecule has 8 heteroatoms. The molecule has 0 N–H and O–H groups in total. The van der Waals surface area contributed by atoms with Gasteiger partial charge in [0.1, 0.15) is 6.07 Å². The number of furan rings is 1. The number of para-hydroxylation sites is 1. The summed E-state index contributed by atoms with van der Waals surface area (Å²) in [7, 11) is 0. The normalized spacial score (nSPS) is 10.9. The van der Waals surface area contributed by atoms with E-state index < -0.39 is 0 Å². The monoisotopic (exact) mass is 390 g/mol. The number of aryl methyl sites for hydroxylation is 1. The molecule has 0 spiro atoms. The number of benzene rings is 1. The smallest absolute Gasteiger partial charge is 0.200 e. The van der Waals surface area contributed by atoms with Crippen molar-refractivity contribution in [2.75, 3.05) is 0 Å². The molecule has 0 aliphatic heterocycles. The van der Waals surface area contributed by atoms with Crippen molar-refractivity contribution in [2.45, 2.75) is 31.3 Å². The van der Waals surface area contributed by atoms with E-state index in [2.05, 4.69) is 21.4 Å². The fourth-order valence-electron chi connectivity index (χ4n) is 3.04. The van der Waals surface area contributed by atoms with Crippen LogP contribution < -0.4 is 0 Å². The minimum absolute atomic E-state index is 0.551. The molecule has 3 heterocycles. The van der Waals surface area contributed by atoms with Gasteiger partial charge < -0.3 is 4.42 Å². The molecule has 0 amide bonds. The Balaban J connectivity index is 1.67. The first-order valence-corrected chi connectivity index (χ1v) is 9.85. The standard InChI is InChI=1S/C20H18N6OS/c1-3-25-19(18-10-7-11-27-18)22-23-20(25)28-13-17-16(12-21)14(2)24-26(17)15-8-5-4-6-9-15/h4-11H,3,13H2,1-2H3. The first-order valence-electron chi connectivity index (χ1n) is 8.86. The SMILES string of the molecule is CCn1c(SCc2c(C#N)c(C)nn2-c2ccccc2)nnc1-c1ccco1. The van der Waals surface area contributed by atoms with Crippen LogP contribution in [0.4, 0.5) is 0 Å². The summed E-state index contributed by atoms with van der Waals surface area (Å²) in [5, 5.41) is 23.6. The maximum atomic E-state index is 9.63. The number of nitriles is 1. The molecule has 4 rings (SSSR count). The van der Waals surface area contributed by atoms with Gasteiger partial charge in [0.15, 0.2) is 16.7 Å². The van der Waals surface area contributed by atoms with Crippen LogP contribution in [0.25, 0.3) is 17.3 Å². The van der Waals surface area contributed by atoms with Gasteiger partial charge in [0.25, 0.3) is 0 Å². The van der Waals surface area contributed by atoms with Gasteiger partial charge in [-0.3, -0.25) is 4.57 Å². The summed E-state index contributed by atoms with van der Waals surface area (Å²) >= 11 is 1.53. The first-order chi connectivity index (χ1) is 13.7. The van der Waals surface area contributed by atoms with Crippen molar-refractivity contribution < 1.29 is 4.42 Å². The highest BCUT2D eigenvalue weighted by Crippen LogP contribution is 2.29. The molecule has 3 aromatic heterocycles. The fourth-order valence-corrected chi connectivity index (χ4v) is 4.04. The molecule has 0 radical (unpaired) electrons. The topological polar surface area (TPSA) is 85.5 Å². The molecule has 0 fully saturated rings. The van der Waals surface area contributed by atoms with E-state index in [0.29, 0.717) is 29.4 Å². The van der Waals surface area contributed by atoms with E-state index >= 15 is 0 Å². The van der Waals surface area contributed by atoms with Gasteiger partial charge in [-0.2, -0.15) is 10.4 Å². The summed E-state index contributed by atoms with van der Waals surface area (Å²) in [4.78, 5) is 0. The van der Waals surface area contributed by atoms with Crippen molar-refractivity contribution in [2.24, 2.45) is 0 Å². The Hall–Kier alpha value is -3.31. The summed E-state index contributed by atoms with van der Waals surface area (Å²) in [6, 6.07) is 15.8. The van der Waals surface area contributed by atoms with Gasteiger partial charge in [-0.25, -0.2) is 4.68 Å². The fraction of sp³-hybridized carbons (Fsp3) is 0.200. The third-order valence-corrected chi connectivity index (χ3v) is 5.36. The van der Waals surface area contributed by atoms with Gasteiger partial charge in [-0.15, -0.1) is 10.2 Å². The molecular weight excluding hydrogens is 372 g/mol. The number of nitrogens with zero attached hydrogens (tertiary/aromatic N) is 6. The highest BCUT2D eigenvalue weighted by Gasteiger charge is 2.20. The maximum absolute atomic E-state index is 9.63. The number of aromatic nitrogens is 5. The molecule has 0 aliphatic rings. The van der Waals surface area contributed by atoms with E-state index in [0.717, 1.165) is 22.2 Å². The molecular formula is C20H18N6OS. The second-order valence-electron chi connectivity index (χ2n) is 6.08. The number of thioether (sulfide) groups is 1. The zero-order valence-electron chi connectivity index (χ0n) is 15.5. The van der Waals surface area contributed by atoms with E-state index in [1.165, 1.54) is 11.8 Å². The molecule has 0 saturated carbocycles. The molecule has 140 valence electrons. The van der Waals surface area contributed by atoms with Crippen LogP contribution >= 0.6 is 11.8 Å². The molecule has 0 saturated heterocycles. The Morgan fingerprint density at radius 1 is 1.14 bits per heavy atom. The summed E-state index contributed by atoms with van der Waals surface area (Å²) < 4.78 is 9.31. The zero-order valence-corrected chi connectivity index (χ0v) is 16.3. The first kappa shape index (κ1) is 18.1. The van der Waals surface area contributed by atoms with Crippen molar-refractivity contribution in [3.8, 4) is 23.3 Å². The quantitative estimate of drug-likeness (QED) is 0.458. The minimum Gasteiger partial charge on any atom is -0.461 e. The van der Waals surface area contributed by atoms with Crippen LogP contribution in [0.5, 0.6) is 0 Å². The highest BCUT2D eigenvalue weighted by molar-refractivity contribution is 7.98. The Morgan fingerprint density at radius 2 is 1.96 bits per heavy atom. The summed E-state index contributed by atoms with van der Waals surface area (Å²) in [5.41, 5.74) is 3.10.